The predicted octanol–water partition coefficient (Wildman–Crippen LogP) is 5.42. The van der Waals surface area contributed by atoms with Crippen LogP contribution in [0.4, 0.5) is 4.39 Å². The Kier molecular flexibility index (Phi) is 5.17. The van der Waals surface area contributed by atoms with Crippen molar-refractivity contribution in [1.82, 2.24) is 5.32 Å². The minimum atomic E-state index is -0.130. The van der Waals surface area contributed by atoms with E-state index in [1.807, 2.05) is 25.1 Å². The van der Waals surface area contributed by atoms with Crippen LogP contribution in [0.2, 0.25) is 0 Å². The molecule has 2 aromatic rings. The van der Waals surface area contributed by atoms with E-state index in [1.54, 1.807) is 24.3 Å². The van der Waals surface area contributed by atoms with Crippen LogP contribution in [0.5, 0.6) is 0 Å². The van der Waals surface area contributed by atoms with Gasteiger partial charge >= 0.3 is 0 Å². The molecule has 0 saturated carbocycles. The van der Waals surface area contributed by atoms with Crippen LogP contribution in [0.15, 0.2) is 32.5 Å². The van der Waals surface area contributed by atoms with Crippen molar-refractivity contribution in [2.24, 2.45) is 0 Å². The molecule has 5 heteroatoms. The maximum absolute atomic E-state index is 14.3. The predicted molar refractivity (Wildman–Crippen MR) is 86.4 cm³/mol. The van der Waals surface area contributed by atoms with Crippen LogP contribution in [-0.4, -0.2) is 6.54 Å². The number of benzene rings is 1. The molecule has 1 aromatic carbocycles. The average Bonchev–Trinajstić information content (AvgIpc) is 2.70. The van der Waals surface area contributed by atoms with E-state index < -0.39 is 0 Å². The molecule has 0 radical (unpaired) electrons. The van der Waals surface area contributed by atoms with Crippen LogP contribution in [0.25, 0.3) is 0 Å². The fourth-order valence-corrected chi connectivity index (χ4v) is 4.15. The normalized spacial score (nSPS) is 12.7. The molecule has 0 aliphatic rings. The molecular formula is C14H14Br2FNS. The Labute approximate surface area is 133 Å². The molecule has 1 atom stereocenters. The first-order valence-corrected chi connectivity index (χ1v) is 8.38. The summed E-state index contributed by atoms with van der Waals surface area (Å²) in [5.74, 6) is -0.130. The fourth-order valence-electron chi connectivity index (χ4n) is 1.97. The number of thiophene rings is 1. The van der Waals surface area contributed by atoms with Crippen LogP contribution in [0.3, 0.4) is 0 Å². The van der Waals surface area contributed by atoms with E-state index in [4.69, 9.17) is 0 Å². The zero-order chi connectivity index (χ0) is 14.0. The molecule has 1 heterocycles. The van der Waals surface area contributed by atoms with Crippen molar-refractivity contribution in [3.8, 4) is 0 Å². The summed E-state index contributed by atoms with van der Waals surface area (Å²) in [6.45, 7) is 4.60. The molecule has 19 heavy (non-hydrogen) atoms. The molecule has 1 N–H and O–H groups in total. The minimum Gasteiger partial charge on any atom is -0.306 e. The summed E-state index contributed by atoms with van der Waals surface area (Å²) in [7, 11) is 0. The zero-order valence-electron chi connectivity index (χ0n) is 10.6. The molecule has 1 nitrogen and oxygen atoms in total. The van der Waals surface area contributed by atoms with E-state index in [9.17, 15) is 4.39 Å². The third-order valence-electron chi connectivity index (χ3n) is 2.89. The lowest BCUT2D eigenvalue weighted by Crippen LogP contribution is -2.22. The van der Waals surface area contributed by atoms with Gasteiger partial charge in [-0.05, 0) is 57.0 Å². The average molecular weight is 407 g/mol. The Morgan fingerprint density at radius 2 is 2.11 bits per heavy atom. The van der Waals surface area contributed by atoms with Gasteiger partial charge in [-0.3, -0.25) is 0 Å². The Bertz CT molecular complexity index is 563. The smallest absolute Gasteiger partial charge is 0.131 e. The van der Waals surface area contributed by atoms with Gasteiger partial charge < -0.3 is 5.32 Å². The van der Waals surface area contributed by atoms with E-state index in [0.29, 0.717) is 11.1 Å². The second-order valence-corrected chi connectivity index (χ2v) is 7.50. The molecule has 1 aromatic heterocycles. The number of nitrogens with one attached hydrogen (secondary N) is 1. The van der Waals surface area contributed by atoms with Gasteiger partial charge in [-0.1, -0.05) is 25.1 Å². The molecule has 0 aliphatic carbocycles. The van der Waals surface area contributed by atoms with Crippen molar-refractivity contribution in [2.75, 3.05) is 6.54 Å². The van der Waals surface area contributed by atoms with Gasteiger partial charge in [0.05, 0.1) is 9.83 Å². The first-order valence-electron chi connectivity index (χ1n) is 5.97. The molecule has 0 fully saturated rings. The maximum atomic E-state index is 14.3. The summed E-state index contributed by atoms with van der Waals surface area (Å²) in [6.07, 6.45) is 0. The van der Waals surface area contributed by atoms with Crippen molar-refractivity contribution in [3.63, 3.8) is 0 Å². The summed E-state index contributed by atoms with van der Waals surface area (Å²) in [5.41, 5.74) is 1.37. The highest BCUT2D eigenvalue weighted by Gasteiger charge is 2.20. The van der Waals surface area contributed by atoms with Crippen LogP contribution in [-0.2, 0) is 0 Å². The van der Waals surface area contributed by atoms with Crippen molar-refractivity contribution in [3.05, 3.63) is 54.3 Å². The van der Waals surface area contributed by atoms with Crippen molar-refractivity contribution >= 4 is 43.2 Å². The monoisotopic (exact) mass is 405 g/mol. The molecule has 0 spiro atoms. The SMILES string of the molecule is CCNC(c1cc(Br)c(Br)s1)c1cccc(C)c1F. The van der Waals surface area contributed by atoms with E-state index in [1.165, 1.54) is 0 Å². The fraction of sp³-hybridized carbons (Fsp3) is 0.286. The molecule has 0 aliphatic heterocycles. The summed E-state index contributed by atoms with van der Waals surface area (Å²) in [6, 6.07) is 7.45. The van der Waals surface area contributed by atoms with Crippen molar-refractivity contribution < 1.29 is 4.39 Å². The lowest BCUT2D eigenvalue weighted by atomic mass is 10.0. The highest BCUT2D eigenvalue weighted by molar-refractivity contribution is 9.13. The largest absolute Gasteiger partial charge is 0.306 e. The Morgan fingerprint density at radius 3 is 2.68 bits per heavy atom. The highest BCUT2D eigenvalue weighted by Crippen LogP contribution is 2.38. The Balaban J connectivity index is 2.48. The van der Waals surface area contributed by atoms with E-state index >= 15 is 0 Å². The van der Waals surface area contributed by atoms with Gasteiger partial charge in [0, 0.05) is 14.9 Å². The van der Waals surface area contributed by atoms with Gasteiger partial charge in [0.25, 0.3) is 0 Å². The highest BCUT2D eigenvalue weighted by atomic mass is 79.9. The first-order chi connectivity index (χ1) is 9.04. The van der Waals surface area contributed by atoms with Crippen LogP contribution in [0, 0.1) is 12.7 Å². The van der Waals surface area contributed by atoms with E-state index in [2.05, 4.69) is 37.2 Å². The van der Waals surface area contributed by atoms with Gasteiger partial charge in [-0.15, -0.1) is 11.3 Å². The molecule has 2 rings (SSSR count). The van der Waals surface area contributed by atoms with E-state index in [0.717, 1.165) is 19.7 Å². The van der Waals surface area contributed by atoms with Crippen LogP contribution in [0.1, 0.15) is 29.0 Å². The summed E-state index contributed by atoms with van der Waals surface area (Å²) in [5, 5.41) is 3.35. The third kappa shape index (κ3) is 3.27. The molecular weight excluding hydrogens is 393 g/mol. The number of rotatable bonds is 4. The number of hydrogen-bond donors (Lipinski definition) is 1. The topological polar surface area (TPSA) is 12.0 Å². The first kappa shape index (κ1) is 15.2. The van der Waals surface area contributed by atoms with Gasteiger partial charge in [-0.2, -0.15) is 0 Å². The summed E-state index contributed by atoms with van der Waals surface area (Å²) >= 11 is 8.59. The quantitative estimate of drug-likeness (QED) is 0.714. The Morgan fingerprint density at radius 1 is 1.37 bits per heavy atom. The molecule has 0 amide bonds. The standard InChI is InChI=1S/C14H14Br2FNS/c1-3-18-13(11-7-10(15)14(16)19-11)9-6-4-5-8(2)12(9)17/h4-7,13,18H,3H2,1-2H3. The molecule has 102 valence electrons. The molecule has 0 saturated heterocycles. The number of hydrogen-bond acceptors (Lipinski definition) is 2. The minimum absolute atomic E-state index is 0.113. The van der Waals surface area contributed by atoms with Gasteiger partial charge in [0.2, 0.25) is 0 Å². The number of halogens is 3. The Hall–Kier alpha value is -0.230. The van der Waals surface area contributed by atoms with Gasteiger partial charge in [-0.25, -0.2) is 4.39 Å². The summed E-state index contributed by atoms with van der Waals surface area (Å²) in [4.78, 5) is 1.09. The number of aryl methyl sites for hydroxylation is 1. The third-order valence-corrected chi connectivity index (χ3v) is 6.21. The van der Waals surface area contributed by atoms with Crippen molar-refractivity contribution in [2.45, 2.75) is 19.9 Å². The lowest BCUT2D eigenvalue weighted by Gasteiger charge is -2.18. The summed E-state index contributed by atoms with van der Waals surface area (Å²) < 4.78 is 16.3. The zero-order valence-corrected chi connectivity index (χ0v) is 14.6. The second-order valence-electron chi connectivity index (χ2n) is 4.24. The lowest BCUT2D eigenvalue weighted by molar-refractivity contribution is 0.557. The van der Waals surface area contributed by atoms with E-state index in [-0.39, 0.29) is 11.9 Å². The van der Waals surface area contributed by atoms with Gasteiger partial charge in [0.15, 0.2) is 0 Å². The van der Waals surface area contributed by atoms with Crippen LogP contribution >= 0.6 is 43.2 Å². The van der Waals surface area contributed by atoms with Crippen molar-refractivity contribution in [1.29, 1.82) is 0 Å². The second kappa shape index (κ2) is 6.48. The van der Waals surface area contributed by atoms with Gasteiger partial charge in [0.1, 0.15) is 5.82 Å². The molecule has 0 bridgehead atoms. The van der Waals surface area contributed by atoms with Crippen LogP contribution < -0.4 is 5.32 Å². The maximum Gasteiger partial charge on any atom is 0.131 e. The molecule has 1 unspecified atom stereocenters.